The number of rotatable bonds is 5. The third-order valence-corrected chi connectivity index (χ3v) is 6.21. The van der Waals surface area contributed by atoms with Gasteiger partial charge in [0.2, 0.25) is 5.91 Å². The van der Waals surface area contributed by atoms with Crippen molar-refractivity contribution >= 4 is 11.8 Å². The second kappa shape index (κ2) is 8.38. The summed E-state index contributed by atoms with van der Waals surface area (Å²) in [4.78, 5) is 28.6. The second-order valence-corrected chi connectivity index (χ2v) is 8.63. The summed E-state index contributed by atoms with van der Waals surface area (Å²) in [6.45, 7) is 4.50. The third-order valence-electron chi connectivity index (χ3n) is 6.21. The molecule has 2 aromatic rings. The van der Waals surface area contributed by atoms with Crippen LogP contribution in [0.2, 0.25) is 0 Å². The quantitative estimate of drug-likeness (QED) is 0.798. The highest BCUT2D eigenvalue weighted by Crippen LogP contribution is 2.35. The highest BCUT2D eigenvalue weighted by Gasteiger charge is 2.52. The van der Waals surface area contributed by atoms with Crippen molar-refractivity contribution in [2.24, 2.45) is 0 Å². The molecule has 0 bridgehead atoms. The molecule has 2 aliphatic rings. The fourth-order valence-electron chi connectivity index (χ4n) is 4.35. The van der Waals surface area contributed by atoms with Crippen LogP contribution in [0.4, 0.5) is 8.78 Å². The maximum atomic E-state index is 14.2. The van der Waals surface area contributed by atoms with Crippen molar-refractivity contribution in [2.75, 3.05) is 19.6 Å². The van der Waals surface area contributed by atoms with Crippen LogP contribution in [0.1, 0.15) is 33.5 Å². The number of alkyl halides is 2. The minimum atomic E-state index is -2.91. The molecule has 7 heteroatoms. The molecule has 0 unspecified atom stereocenters. The fraction of sp³-hybridized carbons (Fsp3) is 0.417. The summed E-state index contributed by atoms with van der Waals surface area (Å²) in [7, 11) is 0. The van der Waals surface area contributed by atoms with E-state index < -0.39 is 24.9 Å². The number of aryl methyl sites for hydroxylation is 2. The minimum Gasteiger partial charge on any atom is -0.351 e. The predicted molar refractivity (Wildman–Crippen MR) is 114 cm³/mol. The van der Waals surface area contributed by atoms with Gasteiger partial charge in [-0.05, 0) is 37.1 Å². The molecule has 31 heavy (non-hydrogen) atoms. The average Bonchev–Trinajstić information content (AvgIpc) is 3.03. The topological polar surface area (TPSA) is 52.7 Å². The number of carbonyl (C=O) groups is 2. The highest BCUT2D eigenvalue weighted by atomic mass is 19.3. The molecule has 0 saturated carbocycles. The SMILES string of the molecule is Cc1ccc(C)c(CNC(=O)[C@@H]2CC(F)(F)CN2C2CN(C(=O)c3ccccc3)C2)c1. The van der Waals surface area contributed by atoms with Gasteiger partial charge in [0, 0.05) is 37.7 Å². The van der Waals surface area contributed by atoms with Crippen LogP contribution in [0.3, 0.4) is 0 Å². The molecule has 0 spiro atoms. The van der Waals surface area contributed by atoms with Gasteiger partial charge in [0.05, 0.1) is 12.6 Å². The lowest BCUT2D eigenvalue weighted by atomic mass is 10.0. The Morgan fingerprint density at radius 1 is 1.10 bits per heavy atom. The molecule has 2 aliphatic heterocycles. The van der Waals surface area contributed by atoms with Crippen LogP contribution in [0, 0.1) is 13.8 Å². The summed E-state index contributed by atoms with van der Waals surface area (Å²) in [5.74, 6) is -3.41. The van der Waals surface area contributed by atoms with E-state index in [0.29, 0.717) is 25.2 Å². The number of nitrogens with one attached hydrogen (secondary N) is 1. The lowest BCUT2D eigenvalue weighted by Gasteiger charge is -2.45. The van der Waals surface area contributed by atoms with Crippen molar-refractivity contribution in [1.29, 1.82) is 0 Å². The standard InChI is InChI=1S/C24H27F2N3O2/c1-16-8-9-17(2)19(10-16)12-27-22(30)21-11-24(25,26)15-29(21)20-13-28(14-20)23(31)18-6-4-3-5-7-18/h3-10,20-21H,11-15H2,1-2H3,(H,27,30)/t21-/m0/s1. The number of halogens is 2. The van der Waals surface area contributed by atoms with Crippen LogP contribution in [0.15, 0.2) is 48.5 Å². The maximum Gasteiger partial charge on any atom is 0.262 e. The van der Waals surface area contributed by atoms with Crippen LogP contribution >= 0.6 is 0 Å². The van der Waals surface area contributed by atoms with Gasteiger partial charge in [0.1, 0.15) is 0 Å². The summed E-state index contributed by atoms with van der Waals surface area (Å²) in [6, 6.07) is 13.8. The summed E-state index contributed by atoms with van der Waals surface area (Å²) in [5.41, 5.74) is 3.69. The normalized spacial score (nSPS) is 21.0. The molecular weight excluding hydrogens is 400 g/mol. The van der Waals surface area contributed by atoms with Crippen molar-refractivity contribution in [2.45, 2.75) is 44.8 Å². The number of likely N-dealkylation sites (tertiary alicyclic amines) is 2. The Kier molecular flexibility index (Phi) is 5.79. The van der Waals surface area contributed by atoms with Gasteiger partial charge in [-0.15, -0.1) is 0 Å². The highest BCUT2D eigenvalue weighted by molar-refractivity contribution is 5.94. The van der Waals surface area contributed by atoms with E-state index in [1.54, 1.807) is 34.1 Å². The Morgan fingerprint density at radius 2 is 1.81 bits per heavy atom. The molecule has 0 aliphatic carbocycles. The molecular formula is C24H27F2N3O2. The number of amides is 2. The van der Waals surface area contributed by atoms with E-state index in [9.17, 15) is 18.4 Å². The predicted octanol–water partition coefficient (Wildman–Crippen LogP) is 3.15. The van der Waals surface area contributed by atoms with Gasteiger partial charge in [-0.1, -0.05) is 42.0 Å². The first kappa shape index (κ1) is 21.4. The van der Waals surface area contributed by atoms with Gasteiger partial charge in [0.25, 0.3) is 11.8 Å². The monoisotopic (exact) mass is 427 g/mol. The van der Waals surface area contributed by atoms with E-state index in [2.05, 4.69) is 5.32 Å². The lowest BCUT2D eigenvalue weighted by molar-refractivity contribution is -0.127. The molecule has 0 aromatic heterocycles. The number of benzene rings is 2. The van der Waals surface area contributed by atoms with E-state index in [-0.39, 0.29) is 17.9 Å². The van der Waals surface area contributed by atoms with Gasteiger partial charge < -0.3 is 10.2 Å². The van der Waals surface area contributed by atoms with Crippen LogP contribution in [-0.2, 0) is 11.3 Å². The molecule has 2 amide bonds. The van der Waals surface area contributed by atoms with Gasteiger partial charge in [-0.2, -0.15) is 0 Å². The number of hydrogen-bond donors (Lipinski definition) is 1. The lowest BCUT2D eigenvalue weighted by Crippen LogP contribution is -2.63. The maximum absolute atomic E-state index is 14.2. The molecule has 5 nitrogen and oxygen atoms in total. The summed E-state index contributed by atoms with van der Waals surface area (Å²) in [5, 5.41) is 2.85. The summed E-state index contributed by atoms with van der Waals surface area (Å²) in [6.07, 6.45) is -0.491. The van der Waals surface area contributed by atoms with Crippen LogP contribution < -0.4 is 5.32 Å². The molecule has 1 atom stereocenters. The Hall–Kier alpha value is -2.80. The van der Waals surface area contributed by atoms with Gasteiger partial charge in [-0.3, -0.25) is 14.5 Å². The third kappa shape index (κ3) is 4.61. The number of hydrogen-bond acceptors (Lipinski definition) is 3. The largest absolute Gasteiger partial charge is 0.351 e. The average molecular weight is 427 g/mol. The molecule has 4 rings (SSSR count). The van der Waals surface area contributed by atoms with Crippen molar-refractivity contribution in [1.82, 2.24) is 15.1 Å². The van der Waals surface area contributed by atoms with Crippen LogP contribution in [0.5, 0.6) is 0 Å². The Morgan fingerprint density at radius 3 is 2.52 bits per heavy atom. The zero-order valence-electron chi connectivity index (χ0n) is 17.8. The smallest absolute Gasteiger partial charge is 0.262 e. The van der Waals surface area contributed by atoms with E-state index in [0.717, 1.165) is 16.7 Å². The number of nitrogens with zero attached hydrogens (tertiary/aromatic N) is 2. The van der Waals surface area contributed by atoms with Crippen molar-refractivity contribution in [3.05, 3.63) is 70.8 Å². The fourth-order valence-corrected chi connectivity index (χ4v) is 4.35. The minimum absolute atomic E-state index is 0.112. The van der Waals surface area contributed by atoms with Crippen LogP contribution in [-0.4, -0.2) is 59.3 Å². The molecule has 164 valence electrons. The Labute approximate surface area is 181 Å². The summed E-state index contributed by atoms with van der Waals surface area (Å²) < 4.78 is 28.4. The zero-order valence-corrected chi connectivity index (χ0v) is 17.8. The Balaban J connectivity index is 1.39. The molecule has 2 aromatic carbocycles. The first-order chi connectivity index (χ1) is 14.7. The van der Waals surface area contributed by atoms with Crippen LogP contribution in [0.25, 0.3) is 0 Å². The second-order valence-electron chi connectivity index (χ2n) is 8.63. The first-order valence-corrected chi connectivity index (χ1v) is 10.6. The van der Waals surface area contributed by atoms with E-state index in [1.807, 2.05) is 38.1 Å². The van der Waals surface area contributed by atoms with E-state index in [4.69, 9.17) is 0 Å². The zero-order chi connectivity index (χ0) is 22.2. The molecule has 2 heterocycles. The van der Waals surface area contributed by atoms with Crippen molar-refractivity contribution in [3.8, 4) is 0 Å². The first-order valence-electron chi connectivity index (χ1n) is 10.6. The number of carbonyl (C=O) groups excluding carboxylic acids is 2. The molecule has 0 radical (unpaired) electrons. The molecule has 2 saturated heterocycles. The van der Waals surface area contributed by atoms with Gasteiger partial charge in [-0.25, -0.2) is 8.78 Å². The van der Waals surface area contributed by atoms with Gasteiger partial charge in [0.15, 0.2) is 0 Å². The molecule has 1 N–H and O–H groups in total. The van der Waals surface area contributed by atoms with Gasteiger partial charge >= 0.3 is 0 Å². The Bertz CT molecular complexity index is 974. The van der Waals surface area contributed by atoms with E-state index in [1.165, 1.54) is 0 Å². The molecule has 2 fully saturated rings. The van der Waals surface area contributed by atoms with Crippen molar-refractivity contribution < 1.29 is 18.4 Å². The summed E-state index contributed by atoms with van der Waals surface area (Å²) >= 11 is 0. The van der Waals surface area contributed by atoms with E-state index >= 15 is 0 Å². The van der Waals surface area contributed by atoms with Crippen molar-refractivity contribution in [3.63, 3.8) is 0 Å².